The third-order valence-corrected chi connectivity index (χ3v) is 6.69. The summed E-state index contributed by atoms with van der Waals surface area (Å²) in [6.07, 6.45) is 5.12. The fourth-order valence-corrected chi connectivity index (χ4v) is 4.75. The highest BCUT2D eigenvalue weighted by molar-refractivity contribution is 6.29. The van der Waals surface area contributed by atoms with Crippen molar-refractivity contribution < 1.29 is 19.1 Å². The average molecular weight is 526 g/mol. The number of piperazine rings is 1. The van der Waals surface area contributed by atoms with E-state index >= 15 is 0 Å². The molecule has 1 N–H and O–H groups in total. The molecule has 0 spiro atoms. The van der Waals surface area contributed by atoms with Crippen LogP contribution in [-0.4, -0.2) is 75.1 Å². The normalized spacial score (nSPS) is 17.9. The van der Waals surface area contributed by atoms with Crippen LogP contribution >= 0.6 is 11.6 Å². The second-order valence-corrected chi connectivity index (χ2v) is 9.41. The molecule has 11 nitrogen and oxygen atoms in total. The Labute approximate surface area is 219 Å². The van der Waals surface area contributed by atoms with Crippen molar-refractivity contribution in [1.82, 2.24) is 29.7 Å². The third kappa shape index (κ3) is 5.61. The predicted octanol–water partition coefficient (Wildman–Crippen LogP) is 2.39. The smallest absolute Gasteiger partial charge is 0.238 e. The van der Waals surface area contributed by atoms with Gasteiger partial charge in [-0.2, -0.15) is 4.98 Å². The molecular weight excluding hydrogens is 498 g/mol. The van der Waals surface area contributed by atoms with Gasteiger partial charge >= 0.3 is 0 Å². The Morgan fingerprint density at radius 2 is 1.97 bits per heavy atom. The van der Waals surface area contributed by atoms with E-state index in [-0.39, 0.29) is 35.5 Å². The lowest BCUT2D eigenvalue weighted by Crippen LogP contribution is -2.56. The summed E-state index contributed by atoms with van der Waals surface area (Å²) in [5.74, 6) is 2.17. The Kier molecular flexibility index (Phi) is 7.13. The minimum atomic E-state index is -0.299. The largest absolute Gasteiger partial charge is 0.486 e. The van der Waals surface area contributed by atoms with Crippen LogP contribution in [-0.2, 0) is 9.59 Å². The Morgan fingerprint density at radius 3 is 2.73 bits per heavy atom. The van der Waals surface area contributed by atoms with Gasteiger partial charge in [0, 0.05) is 51.4 Å². The number of fused-ring (bicyclic) bond motifs is 1. The number of carbonyl (C=O) groups is 2. The Bertz CT molecular complexity index is 1290. The molecule has 2 aromatic heterocycles. The number of imidazole rings is 1. The van der Waals surface area contributed by atoms with Crippen LogP contribution in [0.3, 0.4) is 0 Å². The SMILES string of the molecule is CC(=O)N1CCN(c2cc(Cl)nc(-n3ccnc3)n2)C(CC(=O)NC(C)c2ccc3c(c2)OCCO3)C1. The van der Waals surface area contributed by atoms with Gasteiger partial charge in [0.25, 0.3) is 0 Å². The van der Waals surface area contributed by atoms with Crippen LogP contribution in [0.4, 0.5) is 5.82 Å². The number of carbonyl (C=O) groups excluding carboxylic acids is 2. The molecule has 1 saturated heterocycles. The van der Waals surface area contributed by atoms with Crippen molar-refractivity contribution in [3.63, 3.8) is 0 Å². The number of aromatic nitrogens is 4. The van der Waals surface area contributed by atoms with E-state index in [1.54, 1.807) is 34.3 Å². The average Bonchev–Trinajstić information content (AvgIpc) is 3.43. The van der Waals surface area contributed by atoms with E-state index in [2.05, 4.69) is 20.3 Å². The fourth-order valence-electron chi connectivity index (χ4n) is 4.58. The summed E-state index contributed by atoms with van der Waals surface area (Å²) in [6.45, 7) is 5.89. The van der Waals surface area contributed by atoms with E-state index in [0.717, 1.165) is 5.56 Å². The molecule has 1 aromatic carbocycles. The van der Waals surface area contributed by atoms with Crippen LogP contribution in [0.15, 0.2) is 43.0 Å². The van der Waals surface area contributed by atoms with Crippen molar-refractivity contribution in [3.05, 3.63) is 53.7 Å². The third-order valence-electron chi connectivity index (χ3n) is 6.49. The van der Waals surface area contributed by atoms with E-state index in [1.165, 1.54) is 6.92 Å². The monoisotopic (exact) mass is 525 g/mol. The molecule has 2 aliphatic heterocycles. The van der Waals surface area contributed by atoms with Gasteiger partial charge in [0.15, 0.2) is 11.5 Å². The quantitative estimate of drug-likeness (QED) is 0.488. The minimum absolute atomic E-state index is 0.0328. The summed E-state index contributed by atoms with van der Waals surface area (Å²) >= 11 is 6.33. The molecule has 37 heavy (non-hydrogen) atoms. The number of anilines is 1. The molecule has 12 heteroatoms. The molecule has 1 fully saturated rings. The van der Waals surface area contributed by atoms with Gasteiger partial charge in [0.2, 0.25) is 17.8 Å². The van der Waals surface area contributed by atoms with Crippen LogP contribution in [0.2, 0.25) is 5.15 Å². The van der Waals surface area contributed by atoms with Crippen LogP contribution < -0.4 is 19.7 Å². The van der Waals surface area contributed by atoms with Crippen molar-refractivity contribution >= 4 is 29.2 Å². The molecule has 3 aromatic rings. The molecule has 4 heterocycles. The van der Waals surface area contributed by atoms with Crippen molar-refractivity contribution in [2.75, 3.05) is 37.7 Å². The Hall–Kier alpha value is -3.86. The highest BCUT2D eigenvalue weighted by atomic mass is 35.5. The van der Waals surface area contributed by atoms with Crippen molar-refractivity contribution in [3.8, 4) is 17.4 Å². The zero-order chi connectivity index (χ0) is 25.9. The number of rotatable bonds is 6. The van der Waals surface area contributed by atoms with E-state index in [9.17, 15) is 9.59 Å². The Balaban J connectivity index is 1.33. The maximum absolute atomic E-state index is 13.2. The Morgan fingerprint density at radius 1 is 1.16 bits per heavy atom. The number of hydrogen-bond donors (Lipinski definition) is 1. The molecule has 2 aliphatic rings. The molecule has 194 valence electrons. The lowest BCUT2D eigenvalue weighted by atomic mass is 10.0. The molecule has 0 aliphatic carbocycles. The van der Waals surface area contributed by atoms with Gasteiger partial charge in [-0.15, -0.1) is 0 Å². The summed E-state index contributed by atoms with van der Waals surface area (Å²) in [7, 11) is 0. The van der Waals surface area contributed by atoms with E-state index < -0.39 is 0 Å². The first kappa shape index (κ1) is 24.8. The molecule has 2 unspecified atom stereocenters. The van der Waals surface area contributed by atoms with E-state index in [0.29, 0.717) is 56.1 Å². The summed E-state index contributed by atoms with van der Waals surface area (Å²) < 4.78 is 12.9. The number of nitrogens with one attached hydrogen (secondary N) is 1. The van der Waals surface area contributed by atoms with Gasteiger partial charge in [-0.3, -0.25) is 14.2 Å². The van der Waals surface area contributed by atoms with Crippen LogP contribution in [0.1, 0.15) is 31.9 Å². The lowest BCUT2D eigenvalue weighted by molar-refractivity contribution is -0.130. The number of ether oxygens (including phenoxy) is 2. The minimum Gasteiger partial charge on any atom is -0.486 e. The van der Waals surface area contributed by atoms with Crippen LogP contribution in [0.25, 0.3) is 5.95 Å². The van der Waals surface area contributed by atoms with E-state index in [4.69, 9.17) is 21.1 Å². The zero-order valence-electron chi connectivity index (χ0n) is 20.6. The lowest BCUT2D eigenvalue weighted by Gasteiger charge is -2.41. The maximum Gasteiger partial charge on any atom is 0.238 e. The number of halogens is 1. The number of hydrogen-bond acceptors (Lipinski definition) is 8. The molecule has 2 atom stereocenters. The first-order valence-electron chi connectivity index (χ1n) is 12.1. The van der Waals surface area contributed by atoms with Crippen molar-refractivity contribution in [2.24, 2.45) is 0 Å². The van der Waals surface area contributed by atoms with E-state index in [1.807, 2.05) is 30.0 Å². The van der Waals surface area contributed by atoms with Crippen molar-refractivity contribution in [2.45, 2.75) is 32.4 Å². The first-order valence-corrected chi connectivity index (χ1v) is 12.5. The second kappa shape index (κ2) is 10.6. The van der Waals surface area contributed by atoms with Gasteiger partial charge in [-0.25, -0.2) is 9.97 Å². The molecular formula is C25H28ClN7O4. The number of nitrogens with zero attached hydrogens (tertiary/aromatic N) is 6. The number of benzene rings is 1. The van der Waals surface area contributed by atoms with Gasteiger partial charge in [0.1, 0.15) is 30.5 Å². The molecule has 0 saturated carbocycles. The zero-order valence-corrected chi connectivity index (χ0v) is 21.4. The van der Waals surface area contributed by atoms with Gasteiger partial charge in [0.05, 0.1) is 12.1 Å². The fraction of sp³-hybridized carbons (Fsp3) is 0.400. The first-order chi connectivity index (χ1) is 17.9. The summed E-state index contributed by atoms with van der Waals surface area (Å²) in [5.41, 5.74) is 0.913. The highest BCUT2D eigenvalue weighted by Crippen LogP contribution is 2.32. The number of amides is 2. The van der Waals surface area contributed by atoms with Gasteiger partial charge < -0.3 is 24.6 Å². The van der Waals surface area contributed by atoms with Crippen LogP contribution in [0, 0.1) is 0 Å². The molecule has 0 bridgehead atoms. The molecule has 0 radical (unpaired) electrons. The maximum atomic E-state index is 13.2. The predicted molar refractivity (Wildman–Crippen MR) is 136 cm³/mol. The van der Waals surface area contributed by atoms with Gasteiger partial charge in [-0.1, -0.05) is 17.7 Å². The second-order valence-electron chi connectivity index (χ2n) is 9.03. The highest BCUT2D eigenvalue weighted by Gasteiger charge is 2.32. The summed E-state index contributed by atoms with van der Waals surface area (Å²) in [5, 5.41) is 3.35. The molecule has 2 amide bonds. The molecule has 5 rings (SSSR count). The summed E-state index contributed by atoms with van der Waals surface area (Å²) in [4.78, 5) is 42.1. The van der Waals surface area contributed by atoms with Crippen LogP contribution in [0.5, 0.6) is 11.5 Å². The summed E-state index contributed by atoms with van der Waals surface area (Å²) in [6, 6.07) is 6.80. The van der Waals surface area contributed by atoms with Crippen molar-refractivity contribution in [1.29, 1.82) is 0 Å². The van der Waals surface area contributed by atoms with Gasteiger partial charge in [-0.05, 0) is 24.6 Å². The topological polar surface area (TPSA) is 115 Å². The standard InChI is InChI=1S/C25H28ClN7O4/c1-16(18-3-4-20-21(11-18)37-10-9-36-20)28-24(35)12-19-14-31(17(2)34)7-8-33(19)23-13-22(26)29-25(30-23)32-6-5-27-15-32/h3-6,11,13,15-16,19H,7-10,12,14H2,1-2H3,(H,28,35).